The fraction of sp³-hybridized carbons (Fsp3) is 0.458. The Morgan fingerprint density at radius 2 is 1.70 bits per heavy atom. The number of nitrogens with zero attached hydrogens (tertiary/aromatic N) is 2. The van der Waals surface area contributed by atoms with Gasteiger partial charge in [0.15, 0.2) is 0 Å². The summed E-state index contributed by atoms with van der Waals surface area (Å²) in [6.45, 7) is 9.64. The molecule has 0 N–H and O–H groups in total. The minimum Gasteiger partial charge on any atom is -0.299 e. The molecule has 2 rings (SSSR count). The average molecular weight is 427 g/mol. The van der Waals surface area contributed by atoms with Crippen LogP contribution in [0.3, 0.4) is 0 Å². The minimum atomic E-state index is -0.454. The summed E-state index contributed by atoms with van der Waals surface area (Å²) in [5.74, 6) is 0.259. The van der Waals surface area contributed by atoms with Gasteiger partial charge in [0.05, 0.1) is 11.5 Å². The maximum absolute atomic E-state index is 10.1. The summed E-state index contributed by atoms with van der Waals surface area (Å²) in [5.41, 5.74) is 2.02. The molecule has 144 valence electrons. The van der Waals surface area contributed by atoms with Gasteiger partial charge < -0.3 is 0 Å². The predicted octanol–water partition coefficient (Wildman–Crippen LogP) is 6.56. The quantitative estimate of drug-likeness (QED) is 0.429. The van der Waals surface area contributed by atoms with E-state index in [0.717, 1.165) is 48.9 Å². The van der Waals surface area contributed by atoms with Crippen molar-refractivity contribution < 1.29 is 0 Å². The van der Waals surface area contributed by atoms with Crippen LogP contribution in [0.15, 0.2) is 59.1 Å². The molecule has 1 unspecified atom stereocenters. The summed E-state index contributed by atoms with van der Waals surface area (Å²) in [4.78, 5) is 2.51. The van der Waals surface area contributed by atoms with Gasteiger partial charge in [-0.05, 0) is 55.5 Å². The van der Waals surface area contributed by atoms with E-state index in [-0.39, 0.29) is 5.92 Å². The Morgan fingerprint density at radius 3 is 2.30 bits per heavy atom. The monoisotopic (exact) mass is 426 g/mol. The van der Waals surface area contributed by atoms with E-state index in [0.29, 0.717) is 0 Å². The summed E-state index contributed by atoms with van der Waals surface area (Å²) >= 11 is 3.67. The van der Waals surface area contributed by atoms with Crippen molar-refractivity contribution in [1.29, 1.82) is 5.26 Å². The molecule has 2 aromatic rings. The van der Waals surface area contributed by atoms with Gasteiger partial charge in [-0.15, -0.1) is 0 Å². The topological polar surface area (TPSA) is 27.0 Å². The lowest BCUT2D eigenvalue weighted by atomic mass is 9.70. The summed E-state index contributed by atoms with van der Waals surface area (Å²) in [6.07, 6.45) is 3.03. The normalized spacial score (nSPS) is 13.5. The average Bonchev–Trinajstić information content (AvgIpc) is 2.67. The maximum Gasteiger partial charge on any atom is 0.0856 e. The van der Waals surface area contributed by atoms with E-state index in [1.807, 2.05) is 18.2 Å². The van der Waals surface area contributed by atoms with Crippen molar-refractivity contribution in [3.05, 3.63) is 70.2 Å². The molecular formula is C24H31BrN2. The van der Waals surface area contributed by atoms with Gasteiger partial charge in [-0.1, -0.05) is 85.2 Å². The Bertz CT molecular complexity index is 736. The fourth-order valence-electron chi connectivity index (χ4n) is 3.81. The molecule has 0 aliphatic heterocycles. The van der Waals surface area contributed by atoms with Gasteiger partial charge in [-0.2, -0.15) is 5.26 Å². The third kappa shape index (κ3) is 5.67. The lowest BCUT2D eigenvalue weighted by molar-refractivity contribution is 0.244. The second-order valence-corrected chi connectivity index (χ2v) is 8.44. The Labute approximate surface area is 173 Å². The van der Waals surface area contributed by atoms with E-state index in [4.69, 9.17) is 0 Å². The van der Waals surface area contributed by atoms with Gasteiger partial charge in [-0.25, -0.2) is 0 Å². The first kappa shape index (κ1) is 21.7. The van der Waals surface area contributed by atoms with Gasteiger partial charge in [-0.3, -0.25) is 4.90 Å². The molecule has 1 atom stereocenters. The first-order valence-electron chi connectivity index (χ1n) is 9.96. The number of benzene rings is 2. The smallest absolute Gasteiger partial charge is 0.0856 e. The van der Waals surface area contributed by atoms with Crippen LogP contribution >= 0.6 is 15.9 Å². The van der Waals surface area contributed by atoms with Crippen molar-refractivity contribution in [2.24, 2.45) is 5.92 Å². The molecule has 0 fully saturated rings. The van der Waals surface area contributed by atoms with Crippen molar-refractivity contribution in [3.63, 3.8) is 0 Å². The molecule has 0 radical (unpaired) electrons. The zero-order valence-corrected chi connectivity index (χ0v) is 18.4. The van der Waals surface area contributed by atoms with Gasteiger partial charge in [0.25, 0.3) is 0 Å². The second kappa shape index (κ2) is 10.6. The highest BCUT2D eigenvalue weighted by atomic mass is 79.9. The zero-order valence-electron chi connectivity index (χ0n) is 16.8. The summed E-state index contributed by atoms with van der Waals surface area (Å²) in [6, 6.07) is 21.5. The summed E-state index contributed by atoms with van der Waals surface area (Å²) in [5, 5.41) is 10.1. The van der Waals surface area contributed by atoms with Crippen LogP contribution in [0.4, 0.5) is 0 Å². The van der Waals surface area contributed by atoms with Crippen LogP contribution in [0.2, 0.25) is 0 Å². The van der Waals surface area contributed by atoms with Crippen LogP contribution in [-0.4, -0.2) is 18.0 Å². The van der Waals surface area contributed by atoms with Crippen molar-refractivity contribution >= 4 is 15.9 Å². The Kier molecular flexibility index (Phi) is 8.54. The zero-order chi connectivity index (χ0) is 19.7. The molecule has 0 heterocycles. The highest BCUT2D eigenvalue weighted by Crippen LogP contribution is 2.40. The van der Waals surface area contributed by atoms with E-state index in [9.17, 15) is 5.26 Å². The molecule has 0 bridgehead atoms. The molecule has 2 aromatic carbocycles. The van der Waals surface area contributed by atoms with Crippen LogP contribution in [0.5, 0.6) is 0 Å². The molecule has 0 saturated heterocycles. The predicted molar refractivity (Wildman–Crippen MR) is 118 cm³/mol. The largest absolute Gasteiger partial charge is 0.299 e. The van der Waals surface area contributed by atoms with Crippen molar-refractivity contribution in [1.82, 2.24) is 4.90 Å². The molecule has 3 heteroatoms. The molecular weight excluding hydrogens is 396 g/mol. The lowest BCUT2D eigenvalue weighted by Crippen LogP contribution is -2.33. The molecule has 0 spiro atoms. The number of rotatable bonds is 10. The number of nitriles is 1. The lowest BCUT2D eigenvalue weighted by Gasteiger charge is -2.33. The molecule has 0 aliphatic carbocycles. The van der Waals surface area contributed by atoms with Crippen LogP contribution in [0.1, 0.15) is 51.2 Å². The minimum absolute atomic E-state index is 0.259. The van der Waals surface area contributed by atoms with E-state index in [1.165, 1.54) is 5.56 Å². The first-order chi connectivity index (χ1) is 13.0. The van der Waals surface area contributed by atoms with Crippen LogP contribution < -0.4 is 0 Å². The van der Waals surface area contributed by atoms with E-state index in [2.05, 4.69) is 84.1 Å². The maximum atomic E-state index is 10.1. The van der Waals surface area contributed by atoms with E-state index >= 15 is 0 Å². The van der Waals surface area contributed by atoms with Crippen LogP contribution in [0, 0.1) is 17.2 Å². The molecule has 27 heavy (non-hydrogen) atoms. The fourth-order valence-corrected chi connectivity index (χ4v) is 4.45. The Balaban J connectivity index is 2.10. The Morgan fingerprint density at radius 1 is 1.04 bits per heavy atom. The third-order valence-electron chi connectivity index (χ3n) is 5.37. The SMILES string of the molecule is CCCN(CCCC(C#N)(c1ccccc1Br)C(C)C)Cc1ccccc1. The van der Waals surface area contributed by atoms with Crippen molar-refractivity contribution in [2.45, 2.75) is 52.0 Å². The van der Waals surface area contributed by atoms with Gasteiger partial charge in [0.1, 0.15) is 0 Å². The van der Waals surface area contributed by atoms with E-state index < -0.39 is 5.41 Å². The Hall–Kier alpha value is -1.63. The third-order valence-corrected chi connectivity index (χ3v) is 6.07. The molecule has 0 amide bonds. The summed E-state index contributed by atoms with van der Waals surface area (Å²) < 4.78 is 1.04. The highest BCUT2D eigenvalue weighted by Gasteiger charge is 2.37. The molecule has 0 saturated carbocycles. The number of halogens is 1. The van der Waals surface area contributed by atoms with Crippen LogP contribution in [-0.2, 0) is 12.0 Å². The van der Waals surface area contributed by atoms with Crippen LogP contribution in [0.25, 0.3) is 0 Å². The van der Waals surface area contributed by atoms with E-state index in [1.54, 1.807) is 0 Å². The molecule has 0 aliphatic rings. The van der Waals surface area contributed by atoms with Crippen molar-refractivity contribution in [2.75, 3.05) is 13.1 Å². The molecule has 2 nitrogen and oxygen atoms in total. The first-order valence-corrected chi connectivity index (χ1v) is 10.7. The standard InChI is InChI=1S/C24H31BrN2/c1-4-16-27(18-21-11-6-5-7-12-21)17-10-15-24(19-26,20(2)3)22-13-8-9-14-23(22)25/h5-9,11-14,20H,4,10,15-18H2,1-3H3. The highest BCUT2D eigenvalue weighted by molar-refractivity contribution is 9.10. The van der Waals surface area contributed by atoms with Gasteiger partial charge in [0.2, 0.25) is 0 Å². The van der Waals surface area contributed by atoms with Gasteiger partial charge in [0, 0.05) is 11.0 Å². The van der Waals surface area contributed by atoms with Gasteiger partial charge >= 0.3 is 0 Å². The molecule has 0 aromatic heterocycles. The number of hydrogen-bond donors (Lipinski definition) is 0. The van der Waals surface area contributed by atoms with Crippen molar-refractivity contribution in [3.8, 4) is 6.07 Å². The second-order valence-electron chi connectivity index (χ2n) is 7.58. The summed E-state index contributed by atoms with van der Waals surface area (Å²) in [7, 11) is 0. The number of hydrogen-bond acceptors (Lipinski definition) is 2.